The molecule has 2 unspecified atom stereocenters. The number of anilines is 1. The van der Waals surface area contributed by atoms with E-state index in [0.717, 1.165) is 71.0 Å². The number of rotatable bonds is 6. The van der Waals surface area contributed by atoms with Crippen LogP contribution in [0.5, 0.6) is 0 Å². The number of carbonyl (C=O) groups excluding carboxylic acids is 1. The van der Waals surface area contributed by atoms with Crippen molar-refractivity contribution >= 4 is 11.9 Å². The average molecular weight is 435 g/mol. The maximum atomic E-state index is 13.2. The van der Waals surface area contributed by atoms with E-state index in [1.807, 2.05) is 12.1 Å². The minimum atomic E-state index is 0.0990. The van der Waals surface area contributed by atoms with E-state index in [1.54, 1.807) is 12.4 Å². The number of benzene rings is 1. The first-order valence-electron chi connectivity index (χ1n) is 12.0. The summed E-state index contributed by atoms with van der Waals surface area (Å²) in [5, 5.41) is 0. The molecule has 7 heteroatoms. The van der Waals surface area contributed by atoms with Crippen LogP contribution in [0.25, 0.3) is 0 Å². The largest absolute Gasteiger partial charge is 0.342 e. The Bertz CT molecular complexity index is 872. The molecule has 1 aromatic carbocycles. The normalized spacial score (nSPS) is 25.2. The Morgan fingerprint density at radius 1 is 0.969 bits per heavy atom. The second-order valence-electron chi connectivity index (χ2n) is 9.64. The van der Waals surface area contributed by atoms with Gasteiger partial charge in [0.25, 0.3) is 0 Å². The average Bonchev–Trinajstić information content (AvgIpc) is 3.42. The van der Waals surface area contributed by atoms with Crippen molar-refractivity contribution in [2.45, 2.75) is 25.3 Å². The van der Waals surface area contributed by atoms with Gasteiger partial charge in [0.1, 0.15) is 0 Å². The minimum Gasteiger partial charge on any atom is -0.342 e. The van der Waals surface area contributed by atoms with Crippen molar-refractivity contribution in [2.75, 3.05) is 50.7 Å². The van der Waals surface area contributed by atoms with Crippen molar-refractivity contribution in [1.29, 1.82) is 0 Å². The fraction of sp³-hybridized carbons (Fsp3) is 0.560. The van der Waals surface area contributed by atoms with Crippen LogP contribution < -0.4 is 10.6 Å². The molecule has 5 rings (SSSR count). The van der Waals surface area contributed by atoms with Crippen molar-refractivity contribution < 1.29 is 4.79 Å². The molecule has 0 spiro atoms. The topological polar surface area (TPSA) is 78.6 Å². The van der Waals surface area contributed by atoms with Crippen LogP contribution in [0.2, 0.25) is 0 Å². The highest BCUT2D eigenvalue weighted by Gasteiger charge is 2.43. The van der Waals surface area contributed by atoms with E-state index in [9.17, 15) is 4.79 Å². The molecule has 0 aliphatic carbocycles. The van der Waals surface area contributed by atoms with Crippen LogP contribution in [0.1, 0.15) is 30.9 Å². The van der Waals surface area contributed by atoms with Gasteiger partial charge in [0.15, 0.2) is 0 Å². The first kappa shape index (κ1) is 21.3. The number of amides is 1. The fourth-order valence-electron chi connectivity index (χ4n) is 5.68. The molecule has 32 heavy (non-hydrogen) atoms. The molecular formula is C25H34N6O. The molecule has 2 N–H and O–H groups in total. The highest BCUT2D eigenvalue weighted by atomic mass is 16.2. The second kappa shape index (κ2) is 9.55. The molecule has 0 bridgehead atoms. The van der Waals surface area contributed by atoms with Gasteiger partial charge in [0.2, 0.25) is 11.9 Å². The van der Waals surface area contributed by atoms with Gasteiger partial charge in [-0.3, -0.25) is 4.79 Å². The molecule has 3 saturated heterocycles. The summed E-state index contributed by atoms with van der Waals surface area (Å²) in [7, 11) is 0. The molecule has 3 aliphatic rings. The van der Waals surface area contributed by atoms with Crippen LogP contribution >= 0.6 is 0 Å². The molecule has 3 aliphatic heterocycles. The van der Waals surface area contributed by atoms with Crippen LogP contribution in [0, 0.1) is 17.8 Å². The monoisotopic (exact) mass is 434 g/mol. The number of fused-ring (bicyclic) bond motifs is 1. The van der Waals surface area contributed by atoms with Crippen molar-refractivity contribution in [3.05, 3.63) is 54.4 Å². The number of hydrogen-bond acceptors (Lipinski definition) is 6. The lowest BCUT2D eigenvalue weighted by Crippen LogP contribution is -2.43. The maximum absolute atomic E-state index is 13.2. The number of piperidine rings is 1. The molecule has 0 radical (unpaired) electrons. The van der Waals surface area contributed by atoms with E-state index >= 15 is 0 Å². The highest BCUT2D eigenvalue weighted by molar-refractivity contribution is 5.79. The van der Waals surface area contributed by atoms with E-state index in [1.165, 1.54) is 5.56 Å². The summed E-state index contributed by atoms with van der Waals surface area (Å²) in [6.07, 6.45) is 6.33. The summed E-state index contributed by atoms with van der Waals surface area (Å²) in [6.45, 7) is 6.79. The van der Waals surface area contributed by atoms with E-state index < -0.39 is 0 Å². The first-order valence-corrected chi connectivity index (χ1v) is 12.0. The maximum Gasteiger partial charge on any atom is 0.225 e. The van der Waals surface area contributed by atoms with E-state index in [0.29, 0.717) is 17.7 Å². The number of hydrogen-bond donors (Lipinski definition) is 1. The quantitative estimate of drug-likeness (QED) is 0.751. The molecular weight excluding hydrogens is 400 g/mol. The molecule has 3 atom stereocenters. The SMILES string of the molecule is N[C@@H](CCN1CC2CN(C(=O)C3CCN(c4ncccn4)CC3)CC2C1)c1ccccc1. The van der Waals surface area contributed by atoms with Gasteiger partial charge in [0, 0.05) is 63.6 Å². The standard InChI is InChI=1S/C25H34N6O/c26-23(19-5-2-1-3-6-19)9-12-29-15-21-17-31(18-22(21)16-29)24(32)20-7-13-30(14-8-20)25-27-10-4-11-28-25/h1-6,10-11,20-23H,7-9,12-18,26H2/t21?,22?,23-/m0/s1. The smallest absolute Gasteiger partial charge is 0.225 e. The van der Waals surface area contributed by atoms with E-state index in [-0.39, 0.29) is 12.0 Å². The Hall–Kier alpha value is -2.51. The Labute approximate surface area is 190 Å². The molecule has 3 fully saturated rings. The third-order valence-corrected chi connectivity index (χ3v) is 7.54. The molecule has 4 heterocycles. The van der Waals surface area contributed by atoms with Gasteiger partial charge < -0.3 is 20.4 Å². The lowest BCUT2D eigenvalue weighted by molar-refractivity contribution is -0.135. The number of nitrogens with zero attached hydrogens (tertiary/aromatic N) is 5. The van der Waals surface area contributed by atoms with Gasteiger partial charge >= 0.3 is 0 Å². The number of aromatic nitrogens is 2. The number of likely N-dealkylation sites (tertiary alicyclic amines) is 2. The lowest BCUT2D eigenvalue weighted by Gasteiger charge is -2.33. The number of nitrogens with two attached hydrogens (primary N) is 1. The van der Waals surface area contributed by atoms with Crippen molar-refractivity contribution in [3.8, 4) is 0 Å². The zero-order valence-corrected chi connectivity index (χ0v) is 18.7. The summed E-state index contributed by atoms with van der Waals surface area (Å²) in [6, 6.07) is 12.3. The minimum absolute atomic E-state index is 0.0990. The van der Waals surface area contributed by atoms with Gasteiger partial charge in [-0.1, -0.05) is 30.3 Å². The van der Waals surface area contributed by atoms with E-state index in [4.69, 9.17) is 5.73 Å². The van der Waals surface area contributed by atoms with Gasteiger partial charge in [-0.2, -0.15) is 0 Å². The van der Waals surface area contributed by atoms with Crippen molar-refractivity contribution in [2.24, 2.45) is 23.5 Å². The molecule has 1 aromatic heterocycles. The zero-order valence-electron chi connectivity index (χ0n) is 18.7. The van der Waals surface area contributed by atoms with Crippen LogP contribution in [0.4, 0.5) is 5.95 Å². The Morgan fingerprint density at radius 2 is 1.62 bits per heavy atom. The molecule has 0 saturated carbocycles. The first-order chi connectivity index (χ1) is 15.7. The van der Waals surface area contributed by atoms with Crippen LogP contribution in [0.15, 0.2) is 48.8 Å². The lowest BCUT2D eigenvalue weighted by atomic mass is 9.95. The Kier molecular flexibility index (Phi) is 6.37. The van der Waals surface area contributed by atoms with Gasteiger partial charge in [-0.05, 0) is 49.3 Å². The third-order valence-electron chi connectivity index (χ3n) is 7.54. The van der Waals surface area contributed by atoms with E-state index in [2.05, 4.69) is 48.9 Å². The number of carbonyl (C=O) groups is 1. The molecule has 170 valence electrons. The van der Waals surface area contributed by atoms with Gasteiger partial charge in [0.05, 0.1) is 0 Å². The summed E-state index contributed by atoms with van der Waals surface area (Å²) in [4.78, 5) is 28.8. The van der Waals surface area contributed by atoms with Crippen LogP contribution in [-0.4, -0.2) is 71.5 Å². The molecule has 2 aromatic rings. The predicted molar refractivity (Wildman–Crippen MR) is 125 cm³/mol. The summed E-state index contributed by atoms with van der Waals surface area (Å²) in [5.41, 5.74) is 7.61. The third kappa shape index (κ3) is 4.64. The van der Waals surface area contributed by atoms with Gasteiger partial charge in [-0.25, -0.2) is 9.97 Å². The fourth-order valence-corrected chi connectivity index (χ4v) is 5.68. The highest BCUT2D eigenvalue weighted by Crippen LogP contribution is 2.33. The van der Waals surface area contributed by atoms with Crippen LogP contribution in [0.3, 0.4) is 0 Å². The Morgan fingerprint density at radius 3 is 2.28 bits per heavy atom. The molecule has 1 amide bonds. The predicted octanol–water partition coefficient (Wildman–Crippen LogP) is 2.17. The van der Waals surface area contributed by atoms with Gasteiger partial charge in [-0.15, -0.1) is 0 Å². The second-order valence-corrected chi connectivity index (χ2v) is 9.64. The summed E-state index contributed by atoms with van der Waals surface area (Å²) >= 11 is 0. The summed E-state index contributed by atoms with van der Waals surface area (Å²) in [5.74, 6) is 2.52. The zero-order chi connectivity index (χ0) is 21.9. The van der Waals surface area contributed by atoms with Crippen molar-refractivity contribution in [1.82, 2.24) is 19.8 Å². The molecule has 7 nitrogen and oxygen atoms in total. The summed E-state index contributed by atoms with van der Waals surface area (Å²) < 4.78 is 0. The van der Waals surface area contributed by atoms with Crippen molar-refractivity contribution in [3.63, 3.8) is 0 Å². The van der Waals surface area contributed by atoms with Crippen LogP contribution in [-0.2, 0) is 4.79 Å². The Balaban J connectivity index is 1.06.